The first-order valence-electron chi connectivity index (χ1n) is 7.21. The average Bonchev–Trinajstić information content (AvgIpc) is 2.43. The van der Waals surface area contributed by atoms with Gasteiger partial charge in [0, 0.05) is 44.8 Å². The highest BCUT2D eigenvalue weighted by molar-refractivity contribution is 5.21. The van der Waals surface area contributed by atoms with E-state index in [2.05, 4.69) is 4.90 Å². The summed E-state index contributed by atoms with van der Waals surface area (Å²) in [6.07, 6.45) is -1.40. The Kier molecular flexibility index (Phi) is 5.64. The highest BCUT2D eigenvalue weighted by Gasteiger charge is 2.22. The minimum Gasteiger partial charge on any atom is -0.392 e. The molecule has 2 atom stereocenters. The molecule has 0 saturated carbocycles. The van der Waals surface area contributed by atoms with Gasteiger partial charge in [0.05, 0.1) is 12.2 Å². The van der Waals surface area contributed by atoms with Gasteiger partial charge in [-0.2, -0.15) is 0 Å². The zero-order valence-corrected chi connectivity index (χ0v) is 12.2. The summed E-state index contributed by atoms with van der Waals surface area (Å²) in [5.41, 5.74) is 0.00131. The average molecular weight is 300 g/mol. The van der Waals surface area contributed by atoms with E-state index in [9.17, 15) is 19.0 Å². The number of nitrogens with zero attached hydrogens (tertiary/aromatic N) is 2. The summed E-state index contributed by atoms with van der Waals surface area (Å²) in [6, 6.07) is 3.12. The summed E-state index contributed by atoms with van der Waals surface area (Å²) in [5, 5.41) is 19.4. The fraction of sp³-hybridized carbons (Fsp3) is 0.600. The second-order valence-corrected chi connectivity index (χ2v) is 5.63. The predicted octanol–water partition coefficient (Wildman–Crippen LogP) is 0.997. The molecule has 1 aromatic carbocycles. The van der Waals surface area contributed by atoms with Crippen molar-refractivity contribution in [2.75, 3.05) is 39.3 Å². The van der Waals surface area contributed by atoms with Crippen LogP contribution in [0.15, 0.2) is 18.2 Å². The standard InChI is InChI=1S/C15H22F2N2O2/c1-11(20)9-18-4-6-19(7-5-18)10-15(21)13-8-12(16)2-3-14(13)17/h2-3,8,11,15,20-21H,4-7,9-10H2,1H3/t11-,15+/m0/s1. The van der Waals surface area contributed by atoms with Crippen molar-refractivity contribution in [3.05, 3.63) is 35.4 Å². The molecule has 0 bridgehead atoms. The highest BCUT2D eigenvalue weighted by Crippen LogP contribution is 2.20. The summed E-state index contributed by atoms with van der Waals surface area (Å²) < 4.78 is 26.7. The molecule has 0 spiro atoms. The lowest BCUT2D eigenvalue weighted by Gasteiger charge is -2.36. The van der Waals surface area contributed by atoms with E-state index in [1.165, 1.54) is 0 Å². The van der Waals surface area contributed by atoms with Gasteiger partial charge in [0.1, 0.15) is 11.6 Å². The molecule has 1 heterocycles. The summed E-state index contributed by atoms with van der Waals surface area (Å²) in [5.74, 6) is -1.14. The Labute approximate surface area is 123 Å². The summed E-state index contributed by atoms with van der Waals surface area (Å²) in [7, 11) is 0. The number of halogens is 2. The summed E-state index contributed by atoms with van der Waals surface area (Å²) >= 11 is 0. The normalized spacial score (nSPS) is 20.4. The van der Waals surface area contributed by atoms with Crippen LogP contribution in [0.1, 0.15) is 18.6 Å². The Morgan fingerprint density at radius 2 is 1.62 bits per heavy atom. The molecule has 0 unspecified atom stereocenters. The van der Waals surface area contributed by atoms with Gasteiger partial charge in [0.2, 0.25) is 0 Å². The van der Waals surface area contributed by atoms with Crippen LogP contribution in [0.3, 0.4) is 0 Å². The Hall–Kier alpha value is -1.08. The van der Waals surface area contributed by atoms with E-state index >= 15 is 0 Å². The largest absolute Gasteiger partial charge is 0.392 e. The fourth-order valence-corrected chi connectivity index (χ4v) is 2.64. The molecule has 4 nitrogen and oxygen atoms in total. The summed E-state index contributed by atoms with van der Waals surface area (Å²) in [4.78, 5) is 4.17. The van der Waals surface area contributed by atoms with Gasteiger partial charge < -0.3 is 10.2 Å². The van der Waals surface area contributed by atoms with Crippen LogP contribution in [0.4, 0.5) is 8.78 Å². The number of piperazine rings is 1. The van der Waals surface area contributed by atoms with Crippen LogP contribution in [-0.4, -0.2) is 65.4 Å². The SMILES string of the molecule is C[C@H](O)CN1CCN(C[C@@H](O)c2cc(F)ccc2F)CC1. The molecule has 0 radical (unpaired) electrons. The molecule has 1 aliphatic rings. The zero-order valence-electron chi connectivity index (χ0n) is 12.2. The van der Waals surface area contributed by atoms with E-state index in [4.69, 9.17) is 0 Å². The number of hydrogen-bond donors (Lipinski definition) is 2. The summed E-state index contributed by atoms with van der Waals surface area (Å²) in [6.45, 7) is 5.73. The maximum absolute atomic E-state index is 13.6. The fourth-order valence-electron chi connectivity index (χ4n) is 2.64. The molecule has 1 fully saturated rings. The van der Waals surface area contributed by atoms with Gasteiger partial charge in [-0.05, 0) is 25.1 Å². The van der Waals surface area contributed by atoms with Gasteiger partial charge in [0.15, 0.2) is 0 Å². The Morgan fingerprint density at radius 3 is 2.19 bits per heavy atom. The van der Waals surface area contributed by atoms with E-state index in [0.717, 1.165) is 44.4 Å². The number of aliphatic hydroxyl groups is 2. The van der Waals surface area contributed by atoms with Crippen molar-refractivity contribution in [1.29, 1.82) is 0 Å². The van der Waals surface area contributed by atoms with E-state index < -0.39 is 17.7 Å². The smallest absolute Gasteiger partial charge is 0.129 e. The van der Waals surface area contributed by atoms with Crippen molar-refractivity contribution in [2.45, 2.75) is 19.1 Å². The monoisotopic (exact) mass is 300 g/mol. The lowest BCUT2D eigenvalue weighted by atomic mass is 10.1. The molecule has 0 aromatic heterocycles. The van der Waals surface area contributed by atoms with Crippen molar-refractivity contribution >= 4 is 0 Å². The molecule has 0 aliphatic carbocycles. The van der Waals surface area contributed by atoms with Gasteiger partial charge in [-0.15, -0.1) is 0 Å². The number of rotatable bonds is 5. The number of aliphatic hydroxyl groups excluding tert-OH is 2. The Morgan fingerprint density at radius 1 is 1.05 bits per heavy atom. The zero-order chi connectivity index (χ0) is 15.4. The van der Waals surface area contributed by atoms with E-state index in [1.54, 1.807) is 6.92 Å². The van der Waals surface area contributed by atoms with Crippen LogP contribution in [0.5, 0.6) is 0 Å². The van der Waals surface area contributed by atoms with E-state index in [0.29, 0.717) is 6.54 Å². The first-order valence-corrected chi connectivity index (χ1v) is 7.21. The first kappa shape index (κ1) is 16.3. The first-order chi connectivity index (χ1) is 9.95. The van der Waals surface area contributed by atoms with E-state index in [-0.39, 0.29) is 18.2 Å². The Bertz CT molecular complexity index is 463. The van der Waals surface area contributed by atoms with Crippen molar-refractivity contribution < 1.29 is 19.0 Å². The molecule has 2 N–H and O–H groups in total. The van der Waals surface area contributed by atoms with Crippen LogP contribution in [-0.2, 0) is 0 Å². The predicted molar refractivity (Wildman–Crippen MR) is 75.9 cm³/mol. The number of hydrogen-bond acceptors (Lipinski definition) is 4. The van der Waals surface area contributed by atoms with Gasteiger partial charge in [-0.1, -0.05) is 0 Å². The van der Waals surface area contributed by atoms with Crippen LogP contribution >= 0.6 is 0 Å². The third-order valence-corrected chi connectivity index (χ3v) is 3.74. The maximum atomic E-state index is 13.6. The van der Waals surface area contributed by atoms with E-state index in [1.807, 2.05) is 4.90 Å². The molecular weight excluding hydrogens is 278 g/mol. The van der Waals surface area contributed by atoms with Crippen LogP contribution in [0.25, 0.3) is 0 Å². The number of β-amino-alcohol motifs (C(OH)–C–C–N with tert-alkyl or cyclic N) is 2. The molecule has 1 aromatic rings. The van der Waals surface area contributed by atoms with Crippen molar-refractivity contribution in [1.82, 2.24) is 9.80 Å². The van der Waals surface area contributed by atoms with Gasteiger partial charge >= 0.3 is 0 Å². The van der Waals surface area contributed by atoms with Gasteiger partial charge in [-0.25, -0.2) is 8.78 Å². The van der Waals surface area contributed by atoms with Crippen LogP contribution in [0, 0.1) is 11.6 Å². The van der Waals surface area contributed by atoms with Gasteiger partial charge in [-0.3, -0.25) is 9.80 Å². The molecule has 118 valence electrons. The second-order valence-electron chi connectivity index (χ2n) is 5.63. The molecule has 6 heteroatoms. The third-order valence-electron chi connectivity index (χ3n) is 3.74. The quantitative estimate of drug-likeness (QED) is 0.851. The minimum absolute atomic E-state index is 0.00131. The molecular formula is C15H22F2N2O2. The van der Waals surface area contributed by atoms with Crippen molar-refractivity contribution in [3.63, 3.8) is 0 Å². The minimum atomic E-state index is -1.04. The molecule has 0 amide bonds. The number of benzene rings is 1. The topological polar surface area (TPSA) is 46.9 Å². The van der Waals surface area contributed by atoms with Gasteiger partial charge in [0.25, 0.3) is 0 Å². The second kappa shape index (κ2) is 7.26. The van der Waals surface area contributed by atoms with Crippen LogP contribution < -0.4 is 0 Å². The molecule has 1 aliphatic heterocycles. The molecule has 1 saturated heterocycles. The lowest BCUT2D eigenvalue weighted by molar-refractivity contribution is 0.0516. The highest BCUT2D eigenvalue weighted by atomic mass is 19.1. The maximum Gasteiger partial charge on any atom is 0.129 e. The lowest BCUT2D eigenvalue weighted by Crippen LogP contribution is -2.49. The third kappa shape index (κ3) is 4.71. The van der Waals surface area contributed by atoms with Crippen LogP contribution in [0.2, 0.25) is 0 Å². The van der Waals surface area contributed by atoms with Crippen molar-refractivity contribution in [3.8, 4) is 0 Å². The Balaban J connectivity index is 1.87. The van der Waals surface area contributed by atoms with Crippen molar-refractivity contribution in [2.24, 2.45) is 0 Å². The molecule has 2 rings (SSSR count). The molecule has 21 heavy (non-hydrogen) atoms.